The molecule has 5 heteroatoms. The molecule has 0 amide bonds. The van der Waals surface area contributed by atoms with E-state index in [0.29, 0.717) is 6.04 Å². The summed E-state index contributed by atoms with van der Waals surface area (Å²) in [6.45, 7) is 2.76. The number of nitrogens with one attached hydrogen (secondary N) is 2. The summed E-state index contributed by atoms with van der Waals surface area (Å²) in [5.74, 6) is 1.14. The highest BCUT2D eigenvalue weighted by atomic mass is 35.5. The smallest absolute Gasteiger partial charge is 0.143 e. The van der Waals surface area contributed by atoms with Gasteiger partial charge >= 0.3 is 0 Å². The molecule has 4 nitrogen and oxygen atoms in total. The maximum atomic E-state index is 5.90. The Balaban J connectivity index is 1.68. The fraction of sp³-hybridized carbons (Fsp3) is 0.462. The van der Waals surface area contributed by atoms with Gasteiger partial charge in [-0.05, 0) is 37.1 Å². The zero-order valence-electron chi connectivity index (χ0n) is 10.2. The molecule has 0 saturated carbocycles. The Bertz CT molecular complexity index is 437. The van der Waals surface area contributed by atoms with Crippen LogP contribution in [-0.2, 0) is 6.54 Å². The normalized spacial score (nSPS) is 23.1. The van der Waals surface area contributed by atoms with Crippen LogP contribution in [0.4, 0.5) is 0 Å². The number of nitrogens with zero attached hydrogens (tertiary/aromatic N) is 2. The second-order valence-corrected chi connectivity index (χ2v) is 5.20. The molecule has 1 atom stereocenters. The highest BCUT2D eigenvalue weighted by Gasteiger charge is 2.27. The minimum atomic E-state index is 0.410. The van der Waals surface area contributed by atoms with E-state index in [1.54, 1.807) is 0 Å². The topological polar surface area (TPSA) is 39.7 Å². The van der Waals surface area contributed by atoms with E-state index in [-0.39, 0.29) is 0 Å². The number of hydrogen-bond donors (Lipinski definition) is 2. The van der Waals surface area contributed by atoms with E-state index < -0.39 is 0 Å². The molecule has 1 fully saturated rings. The molecule has 2 aliphatic heterocycles. The van der Waals surface area contributed by atoms with Gasteiger partial charge in [-0.25, -0.2) is 0 Å². The van der Waals surface area contributed by atoms with Crippen molar-refractivity contribution in [3.63, 3.8) is 0 Å². The Morgan fingerprint density at radius 2 is 2.17 bits per heavy atom. The minimum Gasteiger partial charge on any atom is -0.334 e. The maximum absolute atomic E-state index is 5.90. The summed E-state index contributed by atoms with van der Waals surface area (Å²) in [4.78, 5) is 2.28. The van der Waals surface area contributed by atoms with Crippen molar-refractivity contribution in [1.29, 1.82) is 0 Å². The molecule has 1 aromatic carbocycles. The third kappa shape index (κ3) is 2.44. The molecule has 0 aromatic heterocycles. The lowest BCUT2D eigenvalue weighted by molar-refractivity contribution is 0.405. The summed E-state index contributed by atoms with van der Waals surface area (Å²) in [5, 5.41) is 8.69. The van der Waals surface area contributed by atoms with Gasteiger partial charge in [0.2, 0.25) is 0 Å². The van der Waals surface area contributed by atoms with Crippen LogP contribution in [0.1, 0.15) is 18.4 Å². The SMILES string of the molecule is Clc1ccc(CN2CNN=C2[C@H]2CCCN2)cc1. The molecule has 2 N–H and O–H groups in total. The van der Waals surface area contributed by atoms with Crippen LogP contribution in [-0.4, -0.2) is 30.0 Å². The summed E-state index contributed by atoms with van der Waals surface area (Å²) in [7, 11) is 0. The lowest BCUT2D eigenvalue weighted by atomic mass is 10.1. The van der Waals surface area contributed by atoms with Crippen LogP contribution in [0.2, 0.25) is 5.02 Å². The molecular weight excluding hydrogens is 248 g/mol. The van der Waals surface area contributed by atoms with Crippen molar-refractivity contribution in [2.45, 2.75) is 25.4 Å². The minimum absolute atomic E-state index is 0.410. The first-order chi connectivity index (χ1) is 8.83. The maximum Gasteiger partial charge on any atom is 0.143 e. The van der Waals surface area contributed by atoms with Crippen molar-refractivity contribution in [2.24, 2.45) is 5.10 Å². The molecule has 3 rings (SSSR count). The van der Waals surface area contributed by atoms with E-state index >= 15 is 0 Å². The summed E-state index contributed by atoms with van der Waals surface area (Å²) < 4.78 is 0. The van der Waals surface area contributed by atoms with Crippen molar-refractivity contribution in [1.82, 2.24) is 15.6 Å². The van der Waals surface area contributed by atoms with E-state index in [0.717, 1.165) is 30.6 Å². The van der Waals surface area contributed by atoms with Crippen molar-refractivity contribution in [3.8, 4) is 0 Å². The van der Waals surface area contributed by atoms with Gasteiger partial charge in [-0.3, -0.25) is 5.43 Å². The Morgan fingerprint density at radius 1 is 1.33 bits per heavy atom. The highest BCUT2D eigenvalue weighted by molar-refractivity contribution is 6.30. The third-order valence-corrected chi connectivity index (χ3v) is 3.69. The van der Waals surface area contributed by atoms with Crippen LogP contribution in [0, 0.1) is 0 Å². The number of benzene rings is 1. The van der Waals surface area contributed by atoms with Crippen molar-refractivity contribution < 1.29 is 0 Å². The van der Waals surface area contributed by atoms with Crippen LogP contribution in [0.15, 0.2) is 29.4 Å². The van der Waals surface area contributed by atoms with Gasteiger partial charge in [-0.15, -0.1) is 0 Å². The highest BCUT2D eigenvalue weighted by Crippen LogP contribution is 2.16. The van der Waals surface area contributed by atoms with E-state index in [2.05, 4.69) is 32.9 Å². The second-order valence-electron chi connectivity index (χ2n) is 4.76. The lowest BCUT2D eigenvalue weighted by Crippen LogP contribution is -2.41. The molecule has 18 heavy (non-hydrogen) atoms. The van der Waals surface area contributed by atoms with Crippen molar-refractivity contribution >= 4 is 17.4 Å². The molecule has 0 aliphatic carbocycles. The van der Waals surface area contributed by atoms with Gasteiger partial charge in [0.1, 0.15) is 12.5 Å². The largest absolute Gasteiger partial charge is 0.334 e. The number of hydrogen-bond acceptors (Lipinski definition) is 4. The third-order valence-electron chi connectivity index (χ3n) is 3.44. The van der Waals surface area contributed by atoms with Gasteiger partial charge in [0, 0.05) is 11.6 Å². The molecule has 96 valence electrons. The Hall–Kier alpha value is -1.26. The predicted octanol–water partition coefficient (Wildman–Crippen LogP) is 1.77. The van der Waals surface area contributed by atoms with Crippen LogP contribution in [0.5, 0.6) is 0 Å². The van der Waals surface area contributed by atoms with Gasteiger partial charge < -0.3 is 10.2 Å². The summed E-state index contributed by atoms with van der Waals surface area (Å²) in [5.41, 5.74) is 4.34. The number of rotatable bonds is 3. The average Bonchev–Trinajstić information content (AvgIpc) is 3.02. The predicted molar refractivity (Wildman–Crippen MR) is 73.5 cm³/mol. The summed E-state index contributed by atoms with van der Waals surface area (Å²) in [6.07, 6.45) is 2.41. The molecule has 0 radical (unpaired) electrons. The van der Waals surface area contributed by atoms with Gasteiger partial charge in [0.25, 0.3) is 0 Å². The number of halogens is 1. The molecule has 1 saturated heterocycles. The fourth-order valence-corrected chi connectivity index (χ4v) is 2.63. The van der Waals surface area contributed by atoms with Crippen molar-refractivity contribution in [2.75, 3.05) is 13.2 Å². The molecule has 0 spiro atoms. The lowest BCUT2D eigenvalue weighted by Gasteiger charge is -2.23. The quantitative estimate of drug-likeness (QED) is 0.874. The summed E-state index contributed by atoms with van der Waals surface area (Å²) >= 11 is 5.90. The molecular formula is C13H17ClN4. The first-order valence-corrected chi connectivity index (χ1v) is 6.74. The summed E-state index contributed by atoms with van der Waals surface area (Å²) in [6, 6.07) is 8.42. The standard InChI is InChI=1S/C13H17ClN4/c14-11-5-3-10(4-6-11)8-18-9-16-17-13(18)12-2-1-7-15-12/h3-6,12,15-16H,1-2,7-9H2/t12-/m1/s1. The molecule has 0 bridgehead atoms. The Kier molecular flexibility index (Phi) is 3.39. The van der Waals surface area contributed by atoms with Gasteiger partial charge in [-0.2, -0.15) is 5.10 Å². The zero-order chi connectivity index (χ0) is 12.4. The zero-order valence-corrected chi connectivity index (χ0v) is 11.0. The molecule has 2 aliphatic rings. The van der Waals surface area contributed by atoms with Crippen LogP contribution in [0.3, 0.4) is 0 Å². The molecule has 1 aromatic rings. The van der Waals surface area contributed by atoms with E-state index in [4.69, 9.17) is 11.6 Å². The average molecular weight is 265 g/mol. The van der Waals surface area contributed by atoms with E-state index in [9.17, 15) is 0 Å². The fourth-order valence-electron chi connectivity index (χ4n) is 2.50. The molecule has 0 unspecified atom stereocenters. The van der Waals surface area contributed by atoms with Gasteiger partial charge in [0.05, 0.1) is 6.04 Å². The molecule has 2 heterocycles. The van der Waals surface area contributed by atoms with E-state index in [1.807, 2.05) is 12.1 Å². The van der Waals surface area contributed by atoms with Crippen LogP contribution in [0.25, 0.3) is 0 Å². The Morgan fingerprint density at radius 3 is 2.89 bits per heavy atom. The van der Waals surface area contributed by atoms with Gasteiger partial charge in [0.15, 0.2) is 0 Å². The first kappa shape index (κ1) is 11.8. The Labute approximate surface area is 112 Å². The van der Waals surface area contributed by atoms with Crippen LogP contribution < -0.4 is 10.7 Å². The van der Waals surface area contributed by atoms with Crippen molar-refractivity contribution in [3.05, 3.63) is 34.9 Å². The monoisotopic (exact) mass is 264 g/mol. The first-order valence-electron chi connectivity index (χ1n) is 6.36. The second kappa shape index (κ2) is 5.16. The van der Waals surface area contributed by atoms with E-state index in [1.165, 1.54) is 18.4 Å². The number of amidine groups is 1. The number of hydrazone groups is 1. The van der Waals surface area contributed by atoms with Gasteiger partial charge in [-0.1, -0.05) is 23.7 Å². The van der Waals surface area contributed by atoms with Crippen LogP contribution >= 0.6 is 11.6 Å².